The molecule has 0 aromatic heterocycles. The summed E-state index contributed by atoms with van der Waals surface area (Å²) in [6.45, 7) is 0. The maximum absolute atomic E-state index is 6.75. The van der Waals surface area contributed by atoms with Crippen LogP contribution in [0.15, 0.2) is 0 Å². The molecule has 3 nitrogen and oxygen atoms in total. The predicted octanol–water partition coefficient (Wildman–Crippen LogP) is 0.864. The Labute approximate surface area is 37.7 Å². The minimum absolute atomic E-state index is 0. The number of hydrogen-bond donors (Lipinski definition) is 0. The number of hydrogen-bond acceptors (Lipinski definition) is 0. The van der Waals surface area contributed by atoms with Gasteiger partial charge in [0.2, 0.25) is 0 Å². The van der Waals surface area contributed by atoms with E-state index in [0.717, 1.165) is 0 Å². The topological polar surface area (TPSA) is 58.7 Å². The number of nitrogens with zero attached hydrogens (tertiary/aromatic N) is 3. The van der Waals surface area contributed by atoms with Crippen molar-refractivity contribution in [3.05, 3.63) is 16.0 Å². The van der Waals surface area contributed by atoms with Crippen LogP contribution in [0.2, 0.25) is 0 Å². The SMILES string of the molecule is [Mo].[N-]=[N+]=[N-]. The molecule has 0 rings (SSSR count). The van der Waals surface area contributed by atoms with Crippen LogP contribution in [0.25, 0.3) is 16.0 Å². The summed E-state index contributed by atoms with van der Waals surface area (Å²) in [5.74, 6) is 0. The monoisotopic (exact) mass is 140 g/mol. The molecule has 0 amide bonds. The van der Waals surface area contributed by atoms with E-state index >= 15 is 0 Å². The van der Waals surface area contributed by atoms with E-state index in [2.05, 4.69) is 0 Å². The second kappa shape index (κ2) is 12.0. The fraction of sp³-hybridized carbons (Fsp3) is 0. The summed E-state index contributed by atoms with van der Waals surface area (Å²) < 4.78 is 0. The summed E-state index contributed by atoms with van der Waals surface area (Å²) in [7, 11) is 0. The molecule has 4 heteroatoms. The van der Waals surface area contributed by atoms with Crippen molar-refractivity contribution in [1.82, 2.24) is 0 Å². The minimum atomic E-state index is 0. The van der Waals surface area contributed by atoms with Crippen molar-refractivity contribution in [2.45, 2.75) is 0 Å². The summed E-state index contributed by atoms with van der Waals surface area (Å²) in [5.41, 5.74) is 13.5. The first-order valence-electron chi connectivity index (χ1n) is 0.400. The first-order chi connectivity index (χ1) is 1.41. The van der Waals surface area contributed by atoms with Crippen LogP contribution >= 0.6 is 0 Å². The van der Waals surface area contributed by atoms with Crippen LogP contribution in [0.1, 0.15) is 0 Å². The smallest absolute Gasteiger partial charge is 0 e. The normalized spacial score (nSPS) is 2.00. The van der Waals surface area contributed by atoms with Crippen molar-refractivity contribution < 1.29 is 21.1 Å². The van der Waals surface area contributed by atoms with Gasteiger partial charge in [0.15, 0.2) is 0 Å². The molecule has 0 fully saturated rings. The Morgan fingerprint density at radius 3 is 1.25 bits per heavy atom. The molecule has 0 aromatic carbocycles. The van der Waals surface area contributed by atoms with Gasteiger partial charge in [-0.2, -0.15) is 0 Å². The summed E-state index contributed by atoms with van der Waals surface area (Å²) in [5, 5.41) is 0. The molecule has 22 valence electrons. The van der Waals surface area contributed by atoms with Crippen molar-refractivity contribution in [2.24, 2.45) is 0 Å². The summed E-state index contributed by atoms with van der Waals surface area (Å²) >= 11 is 0. The van der Waals surface area contributed by atoms with Crippen molar-refractivity contribution >= 4 is 0 Å². The molecule has 0 saturated carbocycles. The molecule has 0 radical (unpaired) electrons. The van der Waals surface area contributed by atoms with Crippen molar-refractivity contribution in [3.8, 4) is 0 Å². The van der Waals surface area contributed by atoms with E-state index < -0.39 is 0 Å². The molecule has 0 aliphatic heterocycles. The second-order valence-electron chi connectivity index (χ2n) is 0.0894. The Bertz CT molecular complexity index is 24.3. The van der Waals surface area contributed by atoms with Gasteiger partial charge in [0, 0.05) is 21.1 Å². The molecule has 0 aliphatic carbocycles. The summed E-state index contributed by atoms with van der Waals surface area (Å²) in [4.78, 5) is 1.50. The fourth-order valence-corrected chi connectivity index (χ4v) is 0. The summed E-state index contributed by atoms with van der Waals surface area (Å²) in [6, 6.07) is 0. The van der Waals surface area contributed by atoms with E-state index in [9.17, 15) is 0 Å². The van der Waals surface area contributed by atoms with Gasteiger partial charge in [-0.15, -0.1) is 0 Å². The minimum Gasteiger partial charge on any atom is -0.373 e. The van der Waals surface area contributed by atoms with Crippen molar-refractivity contribution in [2.75, 3.05) is 0 Å². The number of rotatable bonds is 0. The van der Waals surface area contributed by atoms with E-state index in [4.69, 9.17) is 11.1 Å². The van der Waals surface area contributed by atoms with Crippen LogP contribution in [0.4, 0.5) is 0 Å². The van der Waals surface area contributed by atoms with Crippen molar-refractivity contribution in [1.29, 1.82) is 0 Å². The van der Waals surface area contributed by atoms with Gasteiger partial charge in [-0.05, 0) is 0 Å². The van der Waals surface area contributed by atoms with Gasteiger partial charge >= 0.3 is 0 Å². The van der Waals surface area contributed by atoms with E-state index in [1.165, 1.54) is 4.91 Å². The zero-order valence-electron chi connectivity index (χ0n) is 1.75. The van der Waals surface area contributed by atoms with Gasteiger partial charge in [0.25, 0.3) is 0 Å². The summed E-state index contributed by atoms with van der Waals surface area (Å²) in [6.07, 6.45) is 0. The average molecular weight is 138 g/mol. The Kier molecular flexibility index (Phi) is 27.0. The van der Waals surface area contributed by atoms with Crippen LogP contribution in [-0.2, 0) is 21.1 Å². The molecular formula is MoN3-. The van der Waals surface area contributed by atoms with Crippen LogP contribution in [0.3, 0.4) is 0 Å². The molecule has 0 heterocycles. The Morgan fingerprint density at radius 2 is 1.25 bits per heavy atom. The molecule has 0 atom stereocenters. The van der Waals surface area contributed by atoms with Gasteiger partial charge in [-0.1, -0.05) is 0 Å². The van der Waals surface area contributed by atoms with Gasteiger partial charge in [0.05, 0.1) is 0 Å². The zero-order chi connectivity index (χ0) is 2.71. The van der Waals surface area contributed by atoms with Crippen LogP contribution < -0.4 is 0 Å². The largest absolute Gasteiger partial charge is 0.373 e. The van der Waals surface area contributed by atoms with Crippen molar-refractivity contribution in [3.63, 3.8) is 0 Å². The molecule has 0 N–H and O–H groups in total. The third-order valence-electron chi connectivity index (χ3n) is 0. The Morgan fingerprint density at radius 1 is 1.25 bits per heavy atom. The van der Waals surface area contributed by atoms with E-state index in [0.29, 0.717) is 0 Å². The molecule has 0 aliphatic rings. The van der Waals surface area contributed by atoms with E-state index in [1.807, 2.05) is 0 Å². The quantitative estimate of drug-likeness (QED) is 0.206. The maximum Gasteiger partial charge on any atom is 0 e. The van der Waals surface area contributed by atoms with Crippen LogP contribution in [-0.4, -0.2) is 0 Å². The standard InChI is InChI=1S/Mo.N3/c;1-3-2/q;-1. The predicted molar refractivity (Wildman–Crippen MR) is 10.1 cm³/mol. The van der Waals surface area contributed by atoms with E-state index in [-0.39, 0.29) is 21.1 Å². The second-order valence-corrected chi connectivity index (χ2v) is 0.0894. The first-order valence-corrected chi connectivity index (χ1v) is 0.400. The third kappa shape index (κ3) is 699000. The van der Waals surface area contributed by atoms with E-state index in [1.54, 1.807) is 0 Å². The molecular weight excluding hydrogens is 138 g/mol. The van der Waals surface area contributed by atoms with Crippen LogP contribution in [0.5, 0.6) is 0 Å². The molecule has 0 aromatic rings. The Hall–Kier alpha value is -0.00169. The first kappa shape index (κ1) is 9.00. The molecule has 0 saturated heterocycles. The van der Waals surface area contributed by atoms with Gasteiger partial charge in [-0.25, -0.2) is 0 Å². The maximum atomic E-state index is 6.75. The molecule has 0 bridgehead atoms. The third-order valence-corrected chi connectivity index (χ3v) is 0. The Balaban J connectivity index is 0. The average Bonchev–Trinajstić information content (AvgIpc) is 0.918. The molecule has 4 heavy (non-hydrogen) atoms. The molecule has 0 spiro atoms. The van der Waals surface area contributed by atoms with Crippen LogP contribution in [0, 0.1) is 0 Å². The zero-order valence-corrected chi connectivity index (χ0v) is 3.76. The molecule has 0 unspecified atom stereocenters. The van der Waals surface area contributed by atoms with Gasteiger partial charge in [0.1, 0.15) is 0 Å². The van der Waals surface area contributed by atoms with Gasteiger partial charge in [-0.3, -0.25) is 4.91 Å². The fourth-order valence-electron chi connectivity index (χ4n) is 0. The van der Waals surface area contributed by atoms with Gasteiger partial charge < -0.3 is 11.1 Å².